The van der Waals surface area contributed by atoms with Gasteiger partial charge in [-0.2, -0.15) is 0 Å². The molecule has 170 valence electrons. The van der Waals surface area contributed by atoms with Gasteiger partial charge in [0, 0.05) is 13.1 Å². The van der Waals surface area contributed by atoms with E-state index in [-0.39, 0.29) is 10.9 Å². The van der Waals surface area contributed by atoms with Gasteiger partial charge in [0.15, 0.2) is 0 Å². The third kappa shape index (κ3) is 6.06. The van der Waals surface area contributed by atoms with Gasteiger partial charge in [-0.3, -0.25) is 4.79 Å². The fraction of sp³-hybridized carbons (Fsp3) is 0.435. The van der Waals surface area contributed by atoms with Crippen LogP contribution in [0.5, 0.6) is 11.5 Å². The number of carbonyl (C=O) groups is 1. The molecule has 0 unspecified atom stereocenters. The van der Waals surface area contributed by atoms with Crippen LogP contribution >= 0.6 is 0 Å². The summed E-state index contributed by atoms with van der Waals surface area (Å²) in [6, 6.07) is 13.3. The number of hydrogen-bond acceptors (Lipinski definition) is 6. The van der Waals surface area contributed by atoms with E-state index >= 15 is 0 Å². The number of likely N-dealkylation sites (N-methyl/N-ethyl adjacent to an activating group) is 1. The molecule has 0 bridgehead atoms. The van der Waals surface area contributed by atoms with Crippen molar-refractivity contribution >= 4 is 16.0 Å². The Hall–Kier alpha value is -2.42. The average Bonchev–Trinajstić information content (AvgIpc) is 2.75. The average molecular weight is 449 g/mol. The number of benzene rings is 2. The number of sulfonamides is 1. The van der Waals surface area contributed by atoms with Crippen LogP contribution in [0.1, 0.15) is 32.3 Å². The smallest absolute Gasteiger partial charge is 0.321 e. The van der Waals surface area contributed by atoms with Crippen LogP contribution in [-0.2, 0) is 20.2 Å². The van der Waals surface area contributed by atoms with Crippen LogP contribution in [0.2, 0.25) is 0 Å². The molecule has 0 aliphatic rings. The quantitative estimate of drug-likeness (QED) is 0.420. The minimum absolute atomic E-state index is 0.124. The summed E-state index contributed by atoms with van der Waals surface area (Å²) in [6.45, 7) is 4.80. The second-order valence-corrected chi connectivity index (χ2v) is 9.35. The molecule has 31 heavy (non-hydrogen) atoms. The van der Waals surface area contributed by atoms with Gasteiger partial charge in [-0.15, -0.1) is 0 Å². The molecule has 2 aromatic carbocycles. The molecule has 0 atom stereocenters. The first-order valence-electron chi connectivity index (χ1n) is 10.3. The van der Waals surface area contributed by atoms with E-state index in [0.717, 1.165) is 5.56 Å². The molecule has 1 N–H and O–H groups in total. The lowest BCUT2D eigenvalue weighted by atomic mass is 9.76. The predicted octanol–water partition coefficient (Wildman–Crippen LogP) is 3.20. The lowest BCUT2D eigenvalue weighted by Gasteiger charge is -2.29. The van der Waals surface area contributed by atoms with Crippen LogP contribution < -0.4 is 14.2 Å². The molecule has 0 fully saturated rings. The zero-order valence-electron chi connectivity index (χ0n) is 18.8. The third-order valence-electron chi connectivity index (χ3n) is 5.44. The lowest BCUT2D eigenvalue weighted by Crippen LogP contribution is -2.38. The minimum Gasteiger partial charge on any atom is -0.497 e. The van der Waals surface area contributed by atoms with E-state index in [1.165, 1.54) is 24.3 Å². The highest BCUT2D eigenvalue weighted by Gasteiger charge is 2.39. The summed E-state index contributed by atoms with van der Waals surface area (Å²) in [5.74, 6) is 0.647. The lowest BCUT2D eigenvalue weighted by molar-refractivity contribution is -0.141. The number of hydrogen-bond donors (Lipinski definition) is 1. The summed E-state index contributed by atoms with van der Waals surface area (Å²) in [6.07, 6.45) is 1.13. The number of nitrogens with one attached hydrogen (secondary N) is 1. The molecule has 0 aliphatic heterocycles. The molecule has 0 saturated heterocycles. The summed E-state index contributed by atoms with van der Waals surface area (Å²) in [7, 11) is 1.72. The molecule has 2 rings (SSSR count). The molecule has 8 heteroatoms. The Balaban J connectivity index is 2.17. The van der Waals surface area contributed by atoms with Gasteiger partial charge in [0.2, 0.25) is 10.0 Å². The summed E-state index contributed by atoms with van der Waals surface area (Å²) in [4.78, 5) is 15.2. The third-order valence-corrected chi connectivity index (χ3v) is 6.91. The molecule has 0 spiro atoms. The van der Waals surface area contributed by atoms with Crippen molar-refractivity contribution < 1.29 is 22.7 Å². The van der Waals surface area contributed by atoms with Gasteiger partial charge in [-0.05, 0) is 68.9 Å². The zero-order chi connectivity index (χ0) is 23.1. The largest absolute Gasteiger partial charge is 0.497 e. The van der Waals surface area contributed by atoms with E-state index in [0.29, 0.717) is 37.4 Å². The Labute approximate surface area is 185 Å². The number of methoxy groups -OCH3 is 1. The topological polar surface area (TPSA) is 84.9 Å². The second kappa shape index (κ2) is 10.7. The van der Waals surface area contributed by atoms with Crippen molar-refractivity contribution in [1.29, 1.82) is 0 Å². The van der Waals surface area contributed by atoms with Crippen molar-refractivity contribution in [2.24, 2.45) is 0 Å². The van der Waals surface area contributed by atoms with Gasteiger partial charge in [-0.25, -0.2) is 13.1 Å². The monoisotopic (exact) mass is 448 g/mol. The molecule has 0 heterocycles. The molecule has 7 nitrogen and oxygen atoms in total. The minimum atomic E-state index is -3.62. The van der Waals surface area contributed by atoms with Crippen LogP contribution in [0, 0.1) is 0 Å². The van der Waals surface area contributed by atoms with Crippen LogP contribution in [-0.4, -0.2) is 53.6 Å². The SMILES string of the molecule is CCC(CC)(C(=O)Oc1ccc(S(=O)(=O)NCCN(C)C)cc1)c1ccc(OC)cc1. The van der Waals surface area contributed by atoms with E-state index in [9.17, 15) is 13.2 Å². The van der Waals surface area contributed by atoms with E-state index in [1.807, 2.05) is 57.1 Å². The predicted molar refractivity (Wildman–Crippen MR) is 121 cm³/mol. The maximum absolute atomic E-state index is 13.1. The Morgan fingerprint density at radius 2 is 1.52 bits per heavy atom. The fourth-order valence-electron chi connectivity index (χ4n) is 3.35. The van der Waals surface area contributed by atoms with Crippen molar-refractivity contribution in [2.45, 2.75) is 37.0 Å². The molecule has 0 radical (unpaired) electrons. The highest BCUT2D eigenvalue weighted by Crippen LogP contribution is 2.34. The summed E-state index contributed by atoms with van der Waals surface area (Å²) >= 11 is 0. The fourth-order valence-corrected chi connectivity index (χ4v) is 4.37. The number of esters is 1. The highest BCUT2D eigenvalue weighted by molar-refractivity contribution is 7.89. The van der Waals surface area contributed by atoms with Gasteiger partial charge < -0.3 is 14.4 Å². The van der Waals surface area contributed by atoms with Crippen LogP contribution in [0.4, 0.5) is 0 Å². The van der Waals surface area contributed by atoms with Crippen LogP contribution in [0.3, 0.4) is 0 Å². The molecule has 0 aliphatic carbocycles. The number of rotatable bonds is 11. The number of carbonyl (C=O) groups excluding carboxylic acids is 1. The first-order chi connectivity index (χ1) is 14.7. The van der Waals surface area contributed by atoms with Gasteiger partial charge >= 0.3 is 5.97 Å². The van der Waals surface area contributed by atoms with E-state index in [1.54, 1.807) is 7.11 Å². The maximum Gasteiger partial charge on any atom is 0.321 e. The Morgan fingerprint density at radius 1 is 0.968 bits per heavy atom. The van der Waals surface area contributed by atoms with E-state index in [4.69, 9.17) is 9.47 Å². The van der Waals surface area contributed by atoms with Gasteiger partial charge in [0.25, 0.3) is 0 Å². The Bertz CT molecular complexity index is 950. The summed E-state index contributed by atoms with van der Waals surface area (Å²) in [5.41, 5.74) is 0.0534. The van der Waals surface area contributed by atoms with Crippen LogP contribution in [0.15, 0.2) is 53.4 Å². The molecule has 0 saturated carbocycles. The van der Waals surface area contributed by atoms with Crippen molar-refractivity contribution in [3.63, 3.8) is 0 Å². The number of nitrogens with zero attached hydrogens (tertiary/aromatic N) is 1. The molecule has 0 aromatic heterocycles. The first kappa shape index (κ1) is 24.8. The summed E-state index contributed by atoms with van der Waals surface area (Å²) in [5, 5.41) is 0. The molecule has 2 aromatic rings. The van der Waals surface area contributed by atoms with Gasteiger partial charge in [0.05, 0.1) is 17.4 Å². The second-order valence-electron chi connectivity index (χ2n) is 7.58. The van der Waals surface area contributed by atoms with Crippen LogP contribution in [0.25, 0.3) is 0 Å². The van der Waals surface area contributed by atoms with Crippen molar-refractivity contribution in [2.75, 3.05) is 34.3 Å². The molecular formula is C23H32N2O5S. The van der Waals surface area contributed by atoms with Gasteiger partial charge in [0.1, 0.15) is 11.5 Å². The zero-order valence-corrected chi connectivity index (χ0v) is 19.7. The highest BCUT2D eigenvalue weighted by atomic mass is 32.2. The first-order valence-corrected chi connectivity index (χ1v) is 11.8. The molecule has 0 amide bonds. The van der Waals surface area contributed by atoms with Crippen molar-refractivity contribution in [3.8, 4) is 11.5 Å². The molecular weight excluding hydrogens is 416 g/mol. The van der Waals surface area contributed by atoms with E-state index < -0.39 is 15.4 Å². The van der Waals surface area contributed by atoms with Crippen molar-refractivity contribution in [1.82, 2.24) is 9.62 Å². The summed E-state index contributed by atoms with van der Waals surface area (Å²) < 4.78 is 38.2. The normalized spacial score (nSPS) is 12.1. The van der Waals surface area contributed by atoms with E-state index in [2.05, 4.69) is 4.72 Å². The maximum atomic E-state index is 13.1. The Morgan fingerprint density at radius 3 is 2.00 bits per heavy atom. The van der Waals surface area contributed by atoms with Crippen molar-refractivity contribution in [3.05, 3.63) is 54.1 Å². The standard InChI is InChI=1S/C23H32N2O5S/c1-6-23(7-2,18-8-10-19(29-5)11-9-18)22(26)30-20-12-14-21(15-13-20)31(27,28)24-16-17-25(3)4/h8-15,24H,6-7,16-17H2,1-5H3. The number of ether oxygens (including phenoxy) is 2. The Kier molecular flexibility index (Phi) is 8.61. The van der Waals surface area contributed by atoms with Gasteiger partial charge in [-0.1, -0.05) is 26.0 Å².